The lowest BCUT2D eigenvalue weighted by molar-refractivity contribution is -0.143. The second kappa shape index (κ2) is 11.0. The summed E-state index contributed by atoms with van der Waals surface area (Å²) < 4.78 is 32.0. The summed E-state index contributed by atoms with van der Waals surface area (Å²) in [5, 5.41) is 5.44. The smallest absolute Gasteiger partial charge is 0.325 e. The standard InChI is InChI=1S/C26H27N6O7P/c33-26(30-17-9-5-2-6-10-17)31-23-20-24(28-14-27-23)32(15-29-20)25-22-21(18(37-25)11-12-40(34,35)36)38-19(39-22)13-16-7-3-1-4-8-16/h1-10,14-15,18-19,21-22,25H,11-13H2,(H2,34,35,36)(H2,27,28,30,31,33)/t18-,19?,21+,22?,25-/m1/s1. The Morgan fingerprint density at radius 2 is 1.65 bits per heavy atom. The molecule has 2 aliphatic heterocycles. The molecule has 13 nitrogen and oxygen atoms in total. The van der Waals surface area contributed by atoms with Gasteiger partial charge in [-0.2, -0.15) is 0 Å². The Balaban J connectivity index is 1.24. The second-order valence-electron chi connectivity index (χ2n) is 9.55. The van der Waals surface area contributed by atoms with Gasteiger partial charge in [0.2, 0.25) is 0 Å². The van der Waals surface area contributed by atoms with Crippen LogP contribution in [0.4, 0.5) is 16.3 Å². The number of carbonyl (C=O) groups is 1. The van der Waals surface area contributed by atoms with Crippen molar-refractivity contribution in [2.75, 3.05) is 16.8 Å². The van der Waals surface area contributed by atoms with Crippen molar-refractivity contribution in [3.8, 4) is 0 Å². The molecule has 2 amide bonds. The number of nitrogens with zero attached hydrogens (tertiary/aromatic N) is 4. The zero-order chi connectivity index (χ0) is 27.7. The first-order chi connectivity index (χ1) is 19.3. The Bertz CT molecular complexity index is 1530. The molecular weight excluding hydrogens is 539 g/mol. The molecule has 2 aromatic heterocycles. The van der Waals surface area contributed by atoms with Crippen LogP contribution in [-0.2, 0) is 25.2 Å². The lowest BCUT2D eigenvalue weighted by Crippen LogP contribution is -2.29. The Labute approximate surface area is 228 Å². The van der Waals surface area contributed by atoms with Crippen LogP contribution in [0.3, 0.4) is 0 Å². The Hall–Kier alpha value is -3.71. The first-order valence-electron chi connectivity index (χ1n) is 12.7. The molecule has 2 saturated heterocycles. The van der Waals surface area contributed by atoms with Crippen LogP contribution >= 0.6 is 7.60 Å². The molecule has 14 heteroatoms. The van der Waals surface area contributed by atoms with Crippen molar-refractivity contribution < 1.29 is 33.4 Å². The van der Waals surface area contributed by atoms with Crippen molar-refractivity contribution in [2.45, 2.75) is 43.7 Å². The number of rotatable bonds is 8. The van der Waals surface area contributed by atoms with E-state index in [9.17, 15) is 19.1 Å². The molecule has 2 fully saturated rings. The van der Waals surface area contributed by atoms with Gasteiger partial charge >= 0.3 is 13.6 Å². The van der Waals surface area contributed by atoms with Crippen LogP contribution in [0.5, 0.6) is 0 Å². The van der Waals surface area contributed by atoms with E-state index >= 15 is 0 Å². The molecule has 6 rings (SSSR count). The Morgan fingerprint density at radius 3 is 2.40 bits per heavy atom. The minimum atomic E-state index is -4.25. The molecule has 4 N–H and O–H groups in total. The number of imidazole rings is 1. The third-order valence-corrected chi connectivity index (χ3v) is 7.59. The topological polar surface area (TPSA) is 170 Å². The van der Waals surface area contributed by atoms with Crippen LogP contribution in [0.1, 0.15) is 18.2 Å². The van der Waals surface area contributed by atoms with Gasteiger partial charge in [-0.15, -0.1) is 0 Å². The summed E-state index contributed by atoms with van der Waals surface area (Å²) in [6.07, 6.45) is -0.0148. The molecule has 2 aliphatic rings. The average molecular weight is 567 g/mol. The molecule has 4 heterocycles. The van der Waals surface area contributed by atoms with Gasteiger partial charge in [-0.1, -0.05) is 48.5 Å². The molecule has 4 aromatic rings. The molecule has 0 aliphatic carbocycles. The number of urea groups is 1. The lowest BCUT2D eigenvalue weighted by Gasteiger charge is -2.21. The van der Waals surface area contributed by atoms with Crippen LogP contribution in [0.25, 0.3) is 11.2 Å². The van der Waals surface area contributed by atoms with Gasteiger partial charge in [-0.25, -0.2) is 19.7 Å². The van der Waals surface area contributed by atoms with Crippen molar-refractivity contribution in [1.82, 2.24) is 19.5 Å². The minimum absolute atomic E-state index is 0.0808. The highest BCUT2D eigenvalue weighted by atomic mass is 31.2. The van der Waals surface area contributed by atoms with Crippen molar-refractivity contribution in [2.24, 2.45) is 0 Å². The van der Waals surface area contributed by atoms with Crippen molar-refractivity contribution in [3.05, 3.63) is 78.9 Å². The predicted molar refractivity (Wildman–Crippen MR) is 144 cm³/mol. The first-order valence-corrected chi connectivity index (χ1v) is 14.5. The van der Waals surface area contributed by atoms with E-state index in [-0.39, 0.29) is 18.4 Å². The molecule has 2 aromatic carbocycles. The predicted octanol–water partition coefficient (Wildman–Crippen LogP) is 3.29. The highest BCUT2D eigenvalue weighted by Gasteiger charge is 2.53. The van der Waals surface area contributed by atoms with E-state index in [1.807, 2.05) is 36.4 Å². The highest BCUT2D eigenvalue weighted by molar-refractivity contribution is 7.51. The van der Waals surface area contributed by atoms with Crippen LogP contribution in [0, 0.1) is 0 Å². The number of amides is 2. The third kappa shape index (κ3) is 5.75. The SMILES string of the molecule is O=C(Nc1ccccc1)Nc1ncnc2c1ncn2[C@@H]1O[C@H](CCP(=O)(O)O)[C@@H]2OC(Cc3ccccc3)OC21. The molecule has 0 radical (unpaired) electrons. The lowest BCUT2D eigenvalue weighted by atomic mass is 10.1. The summed E-state index contributed by atoms with van der Waals surface area (Å²) in [6.45, 7) is 0. The summed E-state index contributed by atoms with van der Waals surface area (Å²) in [5.74, 6) is 0.204. The van der Waals surface area contributed by atoms with E-state index < -0.39 is 44.5 Å². The van der Waals surface area contributed by atoms with Crippen molar-refractivity contribution in [1.29, 1.82) is 0 Å². The van der Waals surface area contributed by atoms with E-state index in [1.165, 1.54) is 12.7 Å². The molecular formula is C26H27N6O7P. The minimum Gasteiger partial charge on any atom is -0.349 e. The quantitative estimate of drug-likeness (QED) is 0.232. The van der Waals surface area contributed by atoms with E-state index in [0.717, 1.165) is 5.56 Å². The zero-order valence-electron chi connectivity index (χ0n) is 21.1. The number of carbonyl (C=O) groups excluding carboxylic acids is 1. The largest absolute Gasteiger partial charge is 0.349 e. The van der Waals surface area contributed by atoms with Crippen LogP contribution in [0.2, 0.25) is 0 Å². The van der Waals surface area contributed by atoms with E-state index in [4.69, 9.17) is 14.2 Å². The van der Waals surface area contributed by atoms with Gasteiger partial charge in [-0.05, 0) is 24.1 Å². The number of anilines is 2. The van der Waals surface area contributed by atoms with Crippen LogP contribution in [-0.4, -0.2) is 66.1 Å². The Kier molecular flexibility index (Phi) is 7.32. The summed E-state index contributed by atoms with van der Waals surface area (Å²) in [7, 11) is -4.25. The molecule has 40 heavy (non-hydrogen) atoms. The first kappa shape index (κ1) is 26.5. The van der Waals surface area contributed by atoms with Gasteiger partial charge in [0.05, 0.1) is 18.6 Å². The number of para-hydroxylation sites is 1. The molecule has 0 spiro atoms. The van der Waals surface area contributed by atoms with E-state index in [0.29, 0.717) is 23.3 Å². The van der Waals surface area contributed by atoms with Gasteiger partial charge in [-0.3, -0.25) is 14.4 Å². The van der Waals surface area contributed by atoms with Crippen LogP contribution < -0.4 is 10.6 Å². The fourth-order valence-electron chi connectivity index (χ4n) is 4.98. The van der Waals surface area contributed by atoms with Crippen LogP contribution in [0.15, 0.2) is 73.3 Å². The van der Waals surface area contributed by atoms with E-state index in [1.54, 1.807) is 28.8 Å². The van der Waals surface area contributed by atoms with Crippen molar-refractivity contribution >= 4 is 36.3 Å². The summed E-state index contributed by atoms with van der Waals surface area (Å²) in [6, 6.07) is 18.2. The number of hydrogen-bond acceptors (Lipinski definition) is 8. The fourth-order valence-corrected chi connectivity index (χ4v) is 5.57. The molecule has 0 saturated carbocycles. The van der Waals surface area contributed by atoms with Gasteiger partial charge in [0.25, 0.3) is 0 Å². The monoisotopic (exact) mass is 566 g/mol. The number of ether oxygens (including phenoxy) is 3. The number of fused-ring (bicyclic) bond motifs is 2. The van der Waals surface area contributed by atoms with Gasteiger partial charge in [0.1, 0.15) is 18.5 Å². The zero-order valence-corrected chi connectivity index (χ0v) is 22.0. The van der Waals surface area contributed by atoms with Gasteiger partial charge in [0.15, 0.2) is 29.5 Å². The maximum atomic E-state index is 12.6. The Morgan fingerprint density at radius 1 is 0.925 bits per heavy atom. The van der Waals surface area contributed by atoms with Gasteiger partial charge < -0.3 is 29.3 Å². The normalized spacial score (nSPS) is 24.2. The number of hydrogen-bond donors (Lipinski definition) is 4. The van der Waals surface area contributed by atoms with E-state index in [2.05, 4.69) is 25.6 Å². The van der Waals surface area contributed by atoms with Gasteiger partial charge in [0, 0.05) is 12.1 Å². The third-order valence-electron chi connectivity index (χ3n) is 6.75. The number of aromatic nitrogens is 4. The second-order valence-corrected chi connectivity index (χ2v) is 11.3. The highest BCUT2D eigenvalue weighted by Crippen LogP contribution is 2.44. The maximum absolute atomic E-state index is 12.6. The summed E-state index contributed by atoms with van der Waals surface area (Å²) >= 11 is 0. The summed E-state index contributed by atoms with van der Waals surface area (Å²) in [4.78, 5) is 44.5. The number of nitrogens with one attached hydrogen (secondary N) is 2. The molecule has 2 unspecified atom stereocenters. The fraction of sp³-hybridized carbons (Fsp3) is 0.308. The maximum Gasteiger partial charge on any atom is 0.325 e. The molecule has 0 bridgehead atoms. The summed E-state index contributed by atoms with van der Waals surface area (Å²) in [5.41, 5.74) is 2.37. The number of benzene rings is 2. The average Bonchev–Trinajstić information content (AvgIpc) is 3.62. The molecule has 208 valence electrons. The van der Waals surface area contributed by atoms with Crippen molar-refractivity contribution in [3.63, 3.8) is 0 Å². The molecule has 5 atom stereocenters.